The molecule has 3 aromatic rings. The van der Waals surface area contributed by atoms with Crippen LogP contribution in [0.2, 0.25) is 0 Å². The molecule has 2 aliphatic rings. The van der Waals surface area contributed by atoms with Crippen molar-refractivity contribution in [1.82, 2.24) is 24.8 Å². The minimum atomic E-state index is -2.66. The Bertz CT molecular complexity index is 1210. The second kappa shape index (κ2) is 7.90. The van der Waals surface area contributed by atoms with E-state index in [1.54, 1.807) is 29.5 Å². The van der Waals surface area contributed by atoms with Crippen LogP contribution >= 0.6 is 11.3 Å². The molecule has 5 heterocycles. The topological polar surface area (TPSA) is 116 Å². The van der Waals surface area contributed by atoms with Crippen molar-refractivity contribution in [2.24, 2.45) is 0 Å². The number of halogens is 2. The second-order valence-corrected chi connectivity index (χ2v) is 9.18. The lowest BCUT2D eigenvalue weighted by atomic mass is 10.1. The van der Waals surface area contributed by atoms with Gasteiger partial charge in [0.1, 0.15) is 11.3 Å². The number of piperazine rings is 1. The Morgan fingerprint density at radius 1 is 1.24 bits per heavy atom. The number of hydrogen-bond acceptors (Lipinski definition) is 9. The molecule has 33 heavy (non-hydrogen) atoms. The Hall–Kier alpha value is -3.35. The van der Waals surface area contributed by atoms with Gasteiger partial charge in [0.05, 0.1) is 30.0 Å². The summed E-state index contributed by atoms with van der Waals surface area (Å²) in [4.78, 5) is 36.4. The van der Waals surface area contributed by atoms with Crippen LogP contribution in [0.4, 0.5) is 36.8 Å². The number of nitrogens with two attached hydrogens (primary N) is 1. The highest BCUT2D eigenvalue weighted by Crippen LogP contribution is 2.32. The van der Waals surface area contributed by atoms with Crippen LogP contribution in [0.15, 0.2) is 17.6 Å². The van der Waals surface area contributed by atoms with Crippen LogP contribution in [0.5, 0.6) is 0 Å². The van der Waals surface area contributed by atoms with Crippen molar-refractivity contribution >= 4 is 51.0 Å². The van der Waals surface area contributed by atoms with Crippen LogP contribution in [0, 0.1) is 6.92 Å². The summed E-state index contributed by atoms with van der Waals surface area (Å²) in [6, 6.07) is 3.10. The number of fused-ring (bicyclic) bond motifs is 1. The number of thiazole rings is 1. The van der Waals surface area contributed by atoms with Crippen LogP contribution in [0.1, 0.15) is 12.6 Å². The third kappa shape index (κ3) is 4.08. The maximum Gasteiger partial charge on any atom is 0.322 e. The van der Waals surface area contributed by atoms with Crippen molar-refractivity contribution in [1.29, 1.82) is 0 Å². The third-order valence-electron chi connectivity index (χ3n) is 5.86. The minimum Gasteiger partial charge on any atom is -0.368 e. The fraction of sp³-hybridized carbons (Fsp3) is 0.450. The zero-order valence-electron chi connectivity index (χ0n) is 18.1. The van der Waals surface area contributed by atoms with E-state index >= 15 is 0 Å². The number of pyridine rings is 1. The van der Waals surface area contributed by atoms with Crippen molar-refractivity contribution < 1.29 is 13.6 Å². The van der Waals surface area contributed by atoms with E-state index in [0.29, 0.717) is 48.2 Å². The van der Waals surface area contributed by atoms with Crippen molar-refractivity contribution in [3.05, 3.63) is 23.3 Å². The lowest BCUT2D eigenvalue weighted by molar-refractivity contribution is -0.0267. The number of carbonyl (C=O) groups excluding carboxylic acids is 1. The molecule has 3 aromatic heterocycles. The highest BCUT2D eigenvalue weighted by atomic mass is 32.1. The Kier molecular flexibility index (Phi) is 5.15. The van der Waals surface area contributed by atoms with Gasteiger partial charge in [-0.1, -0.05) is 0 Å². The smallest absolute Gasteiger partial charge is 0.322 e. The Labute approximate surface area is 192 Å². The van der Waals surface area contributed by atoms with Gasteiger partial charge >= 0.3 is 6.03 Å². The molecule has 0 aromatic carbocycles. The van der Waals surface area contributed by atoms with E-state index < -0.39 is 5.92 Å². The summed E-state index contributed by atoms with van der Waals surface area (Å²) in [5, 5.41) is 2.89. The molecule has 10 nitrogen and oxygen atoms in total. The van der Waals surface area contributed by atoms with E-state index in [-0.39, 0.29) is 31.1 Å². The molecule has 0 unspecified atom stereocenters. The van der Waals surface area contributed by atoms with Gasteiger partial charge in [-0.2, -0.15) is 4.98 Å². The first-order valence-electron chi connectivity index (χ1n) is 10.5. The molecular formula is C20H23F2N9OS. The maximum absolute atomic E-state index is 13.1. The number of nitrogens with zero attached hydrogens (tertiary/aromatic N) is 7. The van der Waals surface area contributed by atoms with Gasteiger partial charge in [-0.3, -0.25) is 0 Å². The number of aromatic nitrogens is 4. The molecule has 0 spiro atoms. The van der Waals surface area contributed by atoms with E-state index in [1.165, 1.54) is 16.2 Å². The van der Waals surface area contributed by atoms with Gasteiger partial charge in [0, 0.05) is 25.7 Å². The summed E-state index contributed by atoms with van der Waals surface area (Å²) in [7, 11) is 0. The number of nitrogen functional groups attached to an aromatic ring is 1. The number of amides is 2. The molecule has 0 radical (unpaired) electrons. The molecule has 5 rings (SSSR count). The molecule has 2 amide bonds. The fourth-order valence-electron chi connectivity index (χ4n) is 4.14. The predicted molar refractivity (Wildman–Crippen MR) is 123 cm³/mol. The van der Waals surface area contributed by atoms with Crippen LogP contribution in [0.3, 0.4) is 0 Å². The maximum atomic E-state index is 13.1. The van der Waals surface area contributed by atoms with Gasteiger partial charge in [0.15, 0.2) is 10.6 Å². The number of urea groups is 1. The van der Waals surface area contributed by atoms with Crippen molar-refractivity contribution in [2.45, 2.75) is 25.8 Å². The van der Waals surface area contributed by atoms with Gasteiger partial charge in [-0.25, -0.2) is 28.5 Å². The van der Waals surface area contributed by atoms with Gasteiger partial charge in [0.25, 0.3) is 5.92 Å². The third-order valence-corrected chi connectivity index (χ3v) is 6.58. The molecule has 2 saturated heterocycles. The van der Waals surface area contributed by atoms with E-state index in [9.17, 15) is 13.6 Å². The molecular weight excluding hydrogens is 452 g/mol. The number of rotatable bonds is 3. The first kappa shape index (κ1) is 21.5. The lowest BCUT2D eigenvalue weighted by Crippen LogP contribution is -2.56. The monoisotopic (exact) mass is 475 g/mol. The number of aryl methyl sites for hydroxylation is 1. The minimum absolute atomic E-state index is 0.0154. The molecule has 0 saturated carbocycles. The van der Waals surface area contributed by atoms with Gasteiger partial charge in [-0.05, 0) is 26.0 Å². The van der Waals surface area contributed by atoms with Crippen molar-refractivity contribution in [3.63, 3.8) is 0 Å². The summed E-state index contributed by atoms with van der Waals surface area (Å²) in [5.41, 5.74) is 9.43. The summed E-state index contributed by atoms with van der Waals surface area (Å²) >= 11 is 1.41. The first-order chi connectivity index (χ1) is 15.7. The molecule has 2 aliphatic heterocycles. The largest absolute Gasteiger partial charge is 0.368 e. The van der Waals surface area contributed by atoms with Crippen LogP contribution in [-0.2, 0) is 0 Å². The summed E-state index contributed by atoms with van der Waals surface area (Å²) in [6.07, 6.45) is 0. The molecule has 3 N–H and O–H groups in total. The summed E-state index contributed by atoms with van der Waals surface area (Å²) in [6.45, 7) is 4.62. The molecule has 0 bridgehead atoms. The zero-order chi connectivity index (χ0) is 23.3. The lowest BCUT2D eigenvalue weighted by Gasteiger charge is -2.40. The fourth-order valence-corrected chi connectivity index (χ4v) is 4.80. The summed E-state index contributed by atoms with van der Waals surface area (Å²) < 4.78 is 26.3. The molecule has 2 fully saturated rings. The Balaban J connectivity index is 1.24. The van der Waals surface area contributed by atoms with Crippen molar-refractivity contribution in [3.8, 4) is 0 Å². The van der Waals surface area contributed by atoms with Crippen LogP contribution in [0.25, 0.3) is 10.3 Å². The van der Waals surface area contributed by atoms with Gasteiger partial charge < -0.3 is 25.8 Å². The SMILES string of the molecule is Cc1nc(N2CC(F)(F)C2)ccc1NC(=O)N1CCN(c2nc(N)nc3scnc23)[C@@H](C)C1. The van der Waals surface area contributed by atoms with E-state index in [2.05, 4.69) is 30.2 Å². The van der Waals surface area contributed by atoms with Gasteiger partial charge in [0.2, 0.25) is 5.95 Å². The number of carbonyl (C=O) groups is 1. The number of alkyl halides is 2. The first-order valence-corrected chi connectivity index (χ1v) is 11.4. The number of nitrogens with one attached hydrogen (secondary N) is 1. The average molecular weight is 476 g/mol. The summed E-state index contributed by atoms with van der Waals surface area (Å²) in [5.74, 6) is -1.30. The van der Waals surface area contributed by atoms with Gasteiger partial charge in [-0.15, -0.1) is 11.3 Å². The Morgan fingerprint density at radius 3 is 2.73 bits per heavy atom. The molecule has 1 atom stereocenters. The predicted octanol–water partition coefficient (Wildman–Crippen LogP) is 2.57. The van der Waals surface area contributed by atoms with Crippen LogP contribution in [-0.4, -0.2) is 75.6 Å². The Morgan fingerprint density at radius 2 is 2.03 bits per heavy atom. The zero-order valence-corrected chi connectivity index (χ0v) is 18.9. The molecule has 13 heteroatoms. The highest BCUT2D eigenvalue weighted by Gasteiger charge is 2.44. The normalized spacial score (nSPS) is 20.1. The van der Waals surface area contributed by atoms with Crippen molar-refractivity contribution in [2.75, 3.05) is 53.6 Å². The quantitative estimate of drug-likeness (QED) is 0.594. The molecule has 0 aliphatic carbocycles. The van der Waals surface area contributed by atoms with E-state index in [1.807, 2.05) is 6.92 Å². The molecule has 174 valence electrons. The standard InChI is InChI=1S/C20H23F2N9OS/c1-11-7-29(5-6-31(11)16-15-17(33-10-24-15)28-18(23)27-16)19(32)26-13-3-4-14(25-12(13)2)30-8-20(21,22)9-30/h3-4,10-11H,5-9H2,1-2H3,(H,26,32)(H2,23,27,28)/t11-/m0/s1. The van der Waals surface area contributed by atoms with Crippen LogP contribution < -0.4 is 20.9 Å². The van der Waals surface area contributed by atoms with E-state index in [0.717, 1.165) is 4.83 Å². The average Bonchev–Trinajstić information content (AvgIpc) is 3.21. The van der Waals surface area contributed by atoms with E-state index in [4.69, 9.17) is 5.73 Å². The number of hydrogen-bond donors (Lipinski definition) is 2. The number of anilines is 4. The second-order valence-electron chi connectivity index (χ2n) is 8.34. The highest BCUT2D eigenvalue weighted by molar-refractivity contribution is 7.16.